The van der Waals surface area contributed by atoms with Crippen LogP contribution in [0.2, 0.25) is 0 Å². The van der Waals surface area contributed by atoms with Gasteiger partial charge < -0.3 is 0 Å². The molecule has 108 valence electrons. The molecule has 0 radical (unpaired) electrons. The van der Waals surface area contributed by atoms with Gasteiger partial charge in [0.1, 0.15) is 0 Å². The van der Waals surface area contributed by atoms with Crippen LogP contribution >= 0.6 is 11.8 Å². The van der Waals surface area contributed by atoms with E-state index in [-0.39, 0.29) is 0 Å². The number of thioether (sulfide) groups is 1. The Balaban J connectivity index is 2.08. The summed E-state index contributed by atoms with van der Waals surface area (Å²) in [6, 6.07) is 4.87. The number of hydrogen-bond donors (Lipinski definition) is 1. The maximum absolute atomic E-state index is 12.5. The van der Waals surface area contributed by atoms with Gasteiger partial charge in [-0.3, -0.25) is 5.10 Å². The summed E-state index contributed by atoms with van der Waals surface area (Å²) in [7, 11) is 0. The zero-order valence-electron chi connectivity index (χ0n) is 10.9. The fraction of sp³-hybridized carbons (Fsp3) is 0.385. The average Bonchev–Trinajstić information content (AvgIpc) is 2.87. The maximum atomic E-state index is 12.5. The van der Waals surface area contributed by atoms with E-state index in [4.69, 9.17) is 0 Å². The van der Waals surface area contributed by atoms with Gasteiger partial charge in [-0.25, -0.2) is 4.98 Å². The molecule has 0 atom stereocenters. The van der Waals surface area contributed by atoms with E-state index in [0.29, 0.717) is 16.5 Å². The van der Waals surface area contributed by atoms with E-state index in [2.05, 4.69) is 22.1 Å². The fourth-order valence-electron chi connectivity index (χ4n) is 1.56. The van der Waals surface area contributed by atoms with Crippen molar-refractivity contribution < 1.29 is 13.2 Å². The normalized spacial score (nSPS) is 11.8. The number of H-pyrrole nitrogens is 1. The largest absolute Gasteiger partial charge is 0.416 e. The molecule has 20 heavy (non-hydrogen) atoms. The molecule has 0 aliphatic rings. The highest BCUT2D eigenvalue weighted by Gasteiger charge is 2.30. The smallest absolute Gasteiger partial charge is 0.258 e. The predicted octanol–water partition coefficient (Wildman–Crippen LogP) is 4.38. The lowest BCUT2D eigenvalue weighted by Gasteiger charge is -2.06. The van der Waals surface area contributed by atoms with Gasteiger partial charge in [0.15, 0.2) is 5.82 Å². The summed E-state index contributed by atoms with van der Waals surface area (Å²) in [5, 5.41) is 7.40. The van der Waals surface area contributed by atoms with E-state index in [1.165, 1.54) is 23.9 Å². The molecular formula is C13H14F3N3S. The Morgan fingerprint density at radius 2 is 1.90 bits per heavy atom. The van der Waals surface area contributed by atoms with Crippen LogP contribution in [0.15, 0.2) is 29.4 Å². The summed E-state index contributed by atoms with van der Waals surface area (Å²) in [6.45, 7) is 2.10. The third-order valence-corrected chi connectivity index (χ3v) is 3.61. The molecule has 0 aliphatic carbocycles. The fourth-order valence-corrected chi connectivity index (χ4v) is 2.45. The van der Waals surface area contributed by atoms with E-state index < -0.39 is 11.7 Å². The van der Waals surface area contributed by atoms with Crippen molar-refractivity contribution in [3.63, 3.8) is 0 Å². The van der Waals surface area contributed by atoms with Crippen molar-refractivity contribution in [3.8, 4) is 11.4 Å². The second kappa shape index (κ2) is 6.30. The van der Waals surface area contributed by atoms with Gasteiger partial charge >= 0.3 is 6.18 Å². The van der Waals surface area contributed by atoms with E-state index in [9.17, 15) is 13.2 Å². The number of aromatic nitrogens is 3. The molecule has 1 N–H and O–H groups in total. The van der Waals surface area contributed by atoms with Crippen molar-refractivity contribution in [2.75, 3.05) is 5.75 Å². The summed E-state index contributed by atoms with van der Waals surface area (Å²) in [6.07, 6.45) is -2.14. The second-order valence-corrected chi connectivity index (χ2v) is 5.31. The summed E-state index contributed by atoms with van der Waals surface area (Å²) in [5.41, 5.74) is -0.0776. The van der Waals surface area contributed by atoms with E-state index >= 15 is 0 Å². The van der Waals surface area contributed by atoms with Crippen LogP contribution < -0.4 is 0 Å². The molecule has 2 rings (SSSR count). The highest BCUT2D eigenvalue weighted by Crippen LogP contribution is 2.30. The number of aromatic amines is 1. The third-order valence-electron chi connectivity index (χ3n) is 2.68. The minimum atomic E-state index is -4.32. The van der Waals surface area contributed by atoms with Gasteiger partial charge in [0.2, 0.25) is 5.16 Å². The zero-order chi connectivity index (χ0) is 14.6. The first-order valence-corrected chi connectivity index (χ1v) is 7.22. The Kier molecular flexibility index (Phi) is 4.69. The summed E-state index contributed by atoms with van der Waals surface area (Å²) in [5.74, 6) is 1.42. The van der Waals surface area contributed by atoms with Gasteiger partial charge in [0.05, 0.1) is 5.56 Å². The Bertz CT molecular complexity index is 549. The SMILES string of the molecule is CCCCSc1n[nH]c(-c2ccc(C(F)(F)F)cc2)n1. The van der Waals surface area contributed by atoms with Crippen molar-refractivity contribution in [2.24, 2.45) is 0 Å². The Labute approximate surface area is 119 Å². The van der Waals surface area contributed by atoms with Crippen molar-refractivity contribution in [3.05, 3.63) is 29.8 Å². The molecule has 0 saturated carbocycles. The molecule has 0 aliphatic heterocycles. The molecule has 0 unspecified atom stereocenters. The van der Waals surface area contributed by atoms with Crippen LogP contribution in [-0.2, 0) is 6.18 Å². The van der Waals surface area contributed by atoms with Crippen LogP contribution in [0, 0.1) is 0 Å². The molecule has 0 spiro atoms. The van der Waals surface area contributed by atoms with Gasteiger partial charge in [-0.1, -0.05) is 37.2 Å². The molecule has 0 saturated heterocycles. The highest BCUT2D eigenvalue weighted by atomic mass is 32.2. The van der Waals surface area contributed by atoms with Gasteiger partial charge in [-0.05, 0) is 18.6 Å². The van der Waals surface area contributed by atoms with Crippen molar-refractivity contribution in [1.82, 2.24) is 15.2 Å². The molecule has 1 heterocycles. The number of halogens is 3. The number of nitrogens with one attached hydrogen (secondary N) is 1. The molecule has 0 bridgehead atoms. The maximum Gasteiger partial charge on any atom is 0.416 e. The second-order valence-electron chi connectivity index (χ2n) is 4.24. The standard InChI is InChI=1S/C13H14F3N3S/c1-2-3-8-20-12-17-11(18-19-12)9-4-6-10(7-5-9)13(14,15)16/h4-7H,2-3,8H2,1H3,(H,17,18,19). The minimum absolute atomic E-state index is 0.484. The first kappa shape index (κ1) is 14.9. The molecule has 2 aromatic rings. The third kappa shape index (κ3) is 3.75. The lowest BCUT2D eigenvalue weighted by atomic mass is 10.1. The number of hydrogen-bond acceptors (Lipinski definition) is 3. The number of nitrogens with zero attached hydrogens (tertiary/aromatic N) is 2. The Morgan fingerprint density at radius 1 is 1.20 bits per heavy atom. The minimum Gasteiger partial charge on any atom is -0.258 e. The topological polar surface area (TPSA) is 41.6 Å². The van der Waals surface area contributed by atoms with Crippen LogP contribution in [0.1, 0.15) is 25.3 Å². The Hall–Kier alpha value is -1.50. The van der Waals surface area contributed by atoms with Crippen LogP contribution in [0.5, 0.6) is 0 Å². The van der Waals surface area contributed by atoms with Crippen LogP contribution in [0.3, 0.4) is 0 Å². The molecule has 3 nitrogen and oxygen atoms in total. The Morgan fingerprint density at radius 3 is 2.50 bits per heavy atom. The van der Waals surface area contributed by atoms with Gasteiger partial charge in [0, 0.05) is 11.3 Å². The summed E-state index contributed by atoms with van der Waals surface area (Å²) in [4.78, 5) is 4.26. The van der Waals surface area contributed by atoms with Crippen molar-refractivity contribution in [2.45, 2.75) is 31.1 Å². The number of benzene rings is 1. The highest BCUT2D eigenvalue weighted by molar-refractivity contribution is 7.99. The number of unbranched alkanes of at least 4 members (excludes halogenated alkanes) is 1. The van der Waals surface area contributed by atoms with Crippen molar-refractivity contribution >= 4 is 11.8 Å². The van der Waals surface area contributed by atoms with Crippen LogP contribution in [0.25, 0.3) is 11.4 Å². The van der Waals surface area contributed by atoms with Gasteiger partial charge in [-0.15, -0.1) is 5.10 Å². The lowest BCUT2D eigenvalue weighted by molar-refractivity contribution is -0.137. The van der Waals surface area contributed by atoms with Crippen LogP contribution in [-0.4, -0.2) is 20.9 Å². The molecule has 0 fully saturated rings. The number of alkyl halides is 3. The quantitative estimate of drug-likeness (QED) is 0.658. The van der Waals surface area contributed by atoms with E-state index in [0.717, 1.165) is 30.7 Å². The number of rotatable bonds is 5. The summed E-state index contributed by atoms with van der Waals surface area (Å²) < 4.78 is 37.4. The van der Waals surface area contributed by atoms with Gasteiger partial charge in [-0.2, -0.15) is 13.2 Å². The lowest BCUT2D eigenvalue weighted by Crippen LogP contribution is -2.04. The predicted molar refractivity (Wildman–Crippen MR) is 72.5 cm³/mol. The first-order valence-electron chi connectivity index (χ1n) is 6.23. The zero-order valence-corrected chi connectivity index (χ0v) is 11.7. The van der Waals surface area contributed by atoms with E-state index in [1.54, 1.807) is 0 Å². The molecule has 1 aromatic heterocycles. The molecular weight excluding hydrogens is 287 g/mol. The van der Waals surface area contributed by atoms with Gasteiger partial charge in [0.25, 0.3) is 0 Å². The first-order chi connectivity index (χ1) is 9.50. The monoisotopic (exact) mass is 301 g/mol. The summed E-state index contributed by atoms with van der Waals surface area (Å²) >= 11 is 1.53. The average molecular weight is 301 g/mol. The molecule has 7 heteroatoms. The van der Waals surface area contributed by atoms with E-state index in [1.807, 2.05) is 0 Å². The van der Waals surface area contributed by atoms with Crippen molar-refractivity contribution in [1.29, 1.82) is 0 Å². The molecule has 1 aromatic carbocycles. The molecule has 0 amide bonds. The van der Waals surface area contributed by atoms with Crippen LogP contribution in [0.4, 0.5) is 13.2 Å².